The lowest BCUT2D eigenvalue weighted by Gasteiger charge is -2.24. The van der Waals surface area contributed by atoms with E-state index in [1.807, 2.05) is 6.07 Å². The van der Waals surface area contributed by atoms with Crippen LogP contribution >= 0.6 is 0 Å². The van der Waals surface area contributed by atoms with Gasteiger partial charge >= 0.3 is 0 Å². The SMILES string of the molecule is C(=Cc1ccccc1)CN1CC[N]CC1. The van der Waals surface area contributed by atoms with Crippen molar-refractivity contribution in [2.45, 2.75) is 0 Å². The first-order chi connectivity index (χ1) is 7.45. The Morgan fingerprint density at radius 1 is 1.13 bits per heavy atom. The van der Waals surface area contributed by atoms with Gasteiger partial charge in [0.15, 0.2) is 0 Å². The molecule has 15 heavy (non-hydrogen) atoms. The van der Waals surface area contributed by atoms with Crippen LogP contribution in [0.1, 0.15) is 5.56 Å². The molecular weight excluding hydrogens is 184 g/mol. The van der Waals surface area contributed by atoms with Gasteiger partial charge in [-0.05, 0) is 5.56 Å². The van der Waals surface area contributed by atoms with Crippen molar-refractivity contribution in [3.05, 3.63) is 42.0 Å². The molecule has 0 saturated carbocycles. The monoisotopic (exact) mass is 201 g/mol. The van der Waals surface area contributed by atoms with Crippen LogP contribution in [-0.2, 0) is 0 Å². The zero-order valence-electron chi connectivity index (χ0n) is 8.97. The lowest BCUT2D eigenvalue weighted by Crippen LogP contribution is -2.40. The molecule has 0 unspecified atom stereocenters. The number of nitrogens with zero attached hydrogens (tertiary/aromatic N) is 2. The van der Waals surface area contributed by atoms with E-state index in [1.54, 1.807) is 0 Å². The summed E-state index contributed by atoms with van der Waals surface area (Å²) in [5, 5.41) is 4.33. The zero-order valence-corrected chi connectivity index (χ0v) is 8.97. The molecule has 2 nitrogen and oxygen atoms in total. The summed E-state index contributed by atoms with van der Waals surface area (Å²) in [5.41, 5.74) is 1.28. The van der Waals surface area contributed by atoms with Crippen LogP contribution in [0.25, 0.3) is 6.08 Å². The Bertz CT molecular complexity index is 300. The molecule has 1 saturated heterocycles. The Labute approximate surface area is 91.6 Å². The standard InChI is InChI=1S/C13H17N2/c1-2-5-13(6-3-1)7-4-10-15-11-8-14-9-12-15/h1-7H,8-12H2. The number of hydrogen-bond acceptors (Lipinski definition) is 1. The van der Waals surface area contributed by atoms with Gasteiger partial charge in [-0.25, -0.2) is 5.32 Å². The van der Waals surface area contributed by atoms with Crippen LogP contribution in [0.2, 0.25) is 0 Å². The summed E-state index contributed by atoms with van der Waals surface area (Å²) in [6, 6.07) is 10.4. The van der Waals surface area contributed by atoms with Gasteiger partial charge in [0.1, 0.15) is 0 Å². The molecule has 2 heteroatoms. The maximum absolute atomic E-state index is 4.33. The van der Waals surface area contributed by atoms with Crippen LogP contribution in [0.3, 0.4) is 0 Å². The third-order valence-electron chi connectivity index (χ3n) is 2.62. The van der Waals surface area contributed by atoms with Crippen LogP contribution in [0.5, 0.6) is 0 Å². The van der Waals surface area contributed by atoms with Crippen LogP contribution in [0.4, 0.5) is 0 Å². The van der Waals surface area contributed by atoms with Crippen LogP contribution in [-0.4, -0.2) is 37.6 Å². The number of benzene rings is 1. The van der Waals surface area contributed by atoms with Gasteiger partial charge in [0, 0.05) is 32.7 Å². The Hall–Kier alpha value is -1.12. The number of hydrogen-bond donors (Lipinski definition) is 0. The zero-order chi connectivity index (χ0) is 10.3. The molecule has 1 aliphatic heterocycles. The van der Waals surface area contributed by atoms with Gasteiger partial charge in [0.05, 0.1) is 0 Å². The maximum Gasteiger partial charge on any atom is 0.0261 e. The first-order valence-electron chi connectivity index (χ1n) is 5.52. The molecule has 79 valence electrons. The molecule has 1 heterocycles. The molecule has 0 N–H and O–H groups in total. The molecule has 1 aromatic rings. The topological polar surface area (TPSA) is 17.3 Å². The van der Waals surface area contributed by atoms with Crippen molar-refractivity contribution in [1.82, 2.24) is 10.2 Å². The molecule has 1 fully saturated rings. The normalized spacial score (nSPS) is 18.4. The third kappa shape index (κ3) is 3.50. The highest BCUT2D eigenvalue weighted by Crippen LogP contribution is 2.01. The Morgan fingerprint density at radius 2 is 1.87 bits per heavy atom. The third-order valence-corrected chi connectivity index (χ3v) is 2.62. The van der Waals surface area contributed by atoms with Gasteiger partial charge in [0.2, 0.25) is 0 Å². The van der Waals surface area contributed by atoms with E-state index in [4.69, 9.17) is 0 Å². The first kappa shape index (κ1) is 10.4. The largest absolute Gasteiger partial charge is 0.297 e. The minimum absolute atomic E-state index is 0.999. The second-order valence-corrected chi connectivity index (χ2v) is 3.78. The fourth-order valence-corrected chi connectivity index (χ4v) is 1.73. The summed E-state index contributed by atoms with van der Waals surface area (Å²) >= 11 is 0. The van der Waals surface area contributed by atoms with Crippen molar-refractivity contribution in [3.8, 4) is 0 Å². The lowest BCUT2D eigenvalue weighted by atomic mass is 10.2. The second-order valence-electron chi connectivity index (χ2n) is 3.78. The first-order valence-corrected chi connectivity index (χ1v) is 5.52. The molecule has 0 aromatic heterocycles. The van der Waals surface area contributed by atoms with Crippen molar-refractivity contribution in [2.24, 2.45) is 0 Å². The minimum Gasteiger partial charge on any atom is -0.297 e. The molecule has 0 atom stereocenters. The van der Waals surface area contributed by atoms with Crippen molar-refractivity contribution in [1.29, 1.82) is 0 Å². The van der Waals surface area contributed by atoms with Gasteiger partial charge in [-0.3, -0.25) is 4.90 Å². The van der Waals surface area contributed by atoms with E-state index >= 15 is 0 Å². The van der Waals surface area contributed by atoms with Crippen molar-refractivity contribution < 1.29 is 0 Å². The average Bonchev–Trinajstić information content (AvgIpc) is 2.32. The van der Waals surface area contributed by atoms with Gasteiger partial charge in [-0.1, -0.05) is 42.5 Å². The summed E-state index contributed by atoms with van der Waals surface area (Å²) in [6.45, 7) is 5.26. The smallest absolute Gasteiger partial charge is 0.0261 e. The Morgan fingerprint density at radius 3 is 2.60 bits per heavy atom. The van der Waals surface area contributed by atoms with Crippen molar-refractivity contribution >= 4 is 6.08 Å². The van der Waals surface area contributed by atoms with E-state index in [0.29, 0.717) is 0 Å². The molecule has 1 radical (unpaired) electrons. The lowest BCUT2D eigenvalue weighted by molar-refractivity contribution is 0.262. The summed E-state index contributed by atoms with van der Waals surface area (Å²) in [5.74, 6) is 0. The highest BCUT2D eigenvalue weighted by molar-refractivity contribution is 5.48. The van der Waals surface area contributed by atoms with Crippen LogP contribution in [0, 0.1) is 0 Å². The summed E-state index contributed by atoms with van der Waals surface area (Å²) in [4.78, 5) is 2.44. The Balaban J connectivity index is 1.79. The highest BCUT2D eigenvalue weighted by Gasteiger charge is 2.07. The molecule has 1 aliphatic rings. The summed E-state index contributed by atoms with van der Waals surface area (Å²) in [6.07, 6.45) is 4.42. The minimum atomic E-state index is 0.999. The van der Waals surface area contributed by atoms with Gasteiger partial charge in [-0.15, -0.1) is 0 Å². The van der Waals surface area contributed by atoms with E-state index in [9.17, 15) is 0 Å². The van der Waals surface area contributed by atoms with E-state index < -0.39 is 0 Å². The predicted octanol–water partition coefficient (Wildman–Crippen LogP) is 1.62. The summed E-state index contributed by atoms with van der Waals surface area (Å²) < 4.78 is 0. The van der Waals surface area contributed by atoms with Crippen molar-refractivity contribution in [3.63, 3.8) is 0 Å². The summed E-state index contributed by atoms with van der Waals surface area (Å²) in [7, 11) is 0. The Kier molecular flexibility index (Phi) is 3.94. The second kappa shape index (κ2) is 5.69. The predicted molar refractivity (Wildman–Crippen MR) is 63.8 cm³/mol. The van der Waals surface area contributed by atoms with Gasteiger partial charge < -0.3 is 0 Å². The number of rotatable bonds is 3. The fourth-order valence-electron chi connectivity index (χ4n) is 1.73. The maximum atomic E-state index is 4.33. The molecule has 0 bridgehead atoms. The highest BCUT2D eigenvalue weighted by atomic mass is 15.2. The van der Waals surface area contributed by atoms with Crippen LogP contribution in [0.15, 0.2) is 36.4 Å². The number of piperazine rings is 1. The van der Waals surface area contributed by atoms with E-state index in [-0.39, 0.29) is 0 Å². The van der Waals surface area contributed by atoms with Gasteiger partial charge in [-0.2, -0.15) is 0 Å². The molecule has 0 spiro atoms. The van der Waals surface area contributed by atoms with E-state index in [2.05, 4.69) is 46.6 Å². The van der Waals surface area contributed by atoms with Gasteiger partial charge in [0.25, 0.3) is 0 Å². The molecule has 0 aliphatic carbocycles. The van der Waals surface area contributed by atoms with Crippen molar-refractivity contribution in [2.75, 3.05) is 32.7 Å². The van der Waals surface area contributed by atoms with Crippen LogP contribution < -0.4 is 5.32 Å². The van der Waals surface area contributed by atoms with E-state index in [1.165, 1.54) is 5.56 Å². The molecular formula is C13H17N2. The molecule has 2 rings (SSSR count). The van der Waals surface area contributed by atoms with E-state index in [0.717, 1.165) is 32.7 Å². The molecule has 1 aromatic carbocycles. The molecule has 0 amide bonds. The average molecular weight is 201 g/mol. The fraction of sp³-hybridized carbons (Fsp3) is 0.385. The quantitative estimate of drug-likeness (QED) is 0.726.